The molecule has 0 aliphatic heterocycles. The minimum atomic E-state index is -4.56. The second-order valence-electron chi connectivity index (χ2n) is 2.58. The molecule has 0 radical (unpaired) electrons. The smallest absolute Gasteiger partial charge is 0.286 e. The van der Waals surface area contributed by atoms with E-state index < -0.39 is 34.1 Å². The molecule has 0 aromatic rings. The fourth-order valence-electron chi connectivity index (χ4n) is 0.728. The summed E-state index contributed by atoms with van der Waals surface area (Å²) in [6.07, 6.45) is -1.86. The number of nitrogens with two attached hydrogens (primary N) is 1. The van der Waals surface area contributed by atoms with Crippen LogP contribution in [0.2, 0.25) is 0 Å². The first-order valence-corrected chi connectivity index (χ1v) is 4.74. The molecule has 13 heavy (non-hydrogen) atoms. The van der Waals surface area contributed by atoms with Gasteiger partial charge in [0.15, 0.2) is 4.87 Å². The van der Waals surface area contributed by atoms with Gasteiger partial charge in [-0.3, -0.25) is 4.55 Å². The van der Waals surface area contributed by atoms with Gasteiger partial charge in [-0.25, -0.2) is 0 Å². The second kappa shape index (κ2) is 5.25. The van der Waals surface area contributed by atoms with E-state index in [0.717, 1.165) is 6.92 Å². The molecule has 0 heterocycles. The summed E-state index contributed by atoms with van der Waals surface area (Å²) in [5.41, 5.74) is 5.18. The van der Waals surface area contributed by atoms with Gasteiger partial charge < -0.3 is 15.9 Å². The monoisotopic (exact) mass is 255 g/mol. The number of hydrogen-bond acceptors (Lipinski definition) is 5. The first-order chi connectivity index (χ1) is 5.25. The van der Waals surface area contributed by atoms with E-state index in [9.17, 15) is 8.42 Å². The number of aliphatic hydroxyl groups is 2. The Kier molecular flexibility index (Phi) is 6.37. The molecule has 8 heteroatoms. The summed E-state index contributed by atoms with van der Waals surface area (Å²) in [7, 11) is -4.56. The summed E-state index contributed by atoms with van der Waals surface area (Å²) in [6.45, 7) is 0.602. The summed E-state index contributed by atoms with van der Waals surface area (Å²) in [5.74, 6) is 0. The van der Waals surface area contributed by atoms with Crippen molar-refractivity contribution in [2.45, 2.75) is 24.3 Å². The summed E-state index contributed by atoms with van der Waals surface area (Å²) in [4.78, 5) is -2.18. The summed E-state index contributed by atoms with van der Waals surface area (Å²) in [5, 5.41) is 17.4. The van der Waals surface area contributed by atoms with Crippen LogP contribution in [0.15, 0.2) is 0 Å². The van der Waals surface area contributed by atoms with E-state index in [1.807, 2.05) is 0 Å². The topological polar surface area (TPSA) is 121 Å². The van der Waals surface area contributed by atoms with Crippen molar-refractivity contribution in [1.29, 1.82) is 0 Å². The van der Waals surface area contributed by atoms with Crippen LogP contribution in [-0.2, 0) is 27.2 Å². The molecule has 0 aliphatic carbocycles. The maximum atomic E-state index is 10.6. The Hall–Kier alpha value is 0.309. The van der Waals surface area contributed by atoms with Crippen molar-refractivity contribution in [2.75, 3.05) is 6.61 Å². The molecular formula is C5H13FeNO5S. The minimum absolute atomic E-state index is 0. The van der Waals surface area contributed by atoms with Crippen LogP contribution in [0.5, 0.6) is 0 Å². The Bertz CT molecular complexity index is 241. The average Bonchev–Trinajstić information content (AvgIpc) is 1.85. The zero-order valence-corrected chi connectivity index (χ0v) is 8.91. The van der Waals surface area contributed by atoms with Crippen LogP contribution < -0.4 is 5.73 Å². The van der Waals surface area contributed by atoms with Gasteiger partial charge >= 0.3 is 0 Å². The molecule has 0 saturated heterocycles. The molecule has 5 N–H and O–H groups in total. The van der Waals surface area contributed by atoms with Gasteiger partial charge in [0.25, 0.3) is 10.1 Å². The van der Waals surface area contributed by atoms with Crippen LogP contribution in [0, 0.1) is 0 Å². The largest absolute Gasteiger partial charge is 0.396 e. The van der Waals surface area contributed by atoms with Crippen molar-refractivity contribution in [1.82, 2.24) is 0 Å². The standard InChI is InChI=1S/C5H13NO5S.Fe/c1-4(8)5(6,2-3-7)12(9,10)11;/h4,7-8H,2-3,6H2,1H3,(H,9,10,11);. The zero-order chi connectivity index (χ0) is 9.99. The van der Waals surface area contributed by atoms with Gasteiger partial charge in [0.05, 0.1) is 6.10 Å². The van der Waals surface area contributed by atoms with Crippen molar-refractivity contribution >= 4 is 10.1 Å². The summed E-state index contributed by atoms with van der Waals surface area (Å²) in [6, 6.07) is 0. The third-order valence-corrected chi connectivity index (χ3v) is 3.20. The fourth-order valence-corrected chi connectivity index (χ4v) is 1.51. The normalized spacial score (nSPS) is 18.5. The predicted molar refractivity (Wildman–Crippen MR) is 41.9 cm³/mol. The second-order valence-corrected chi connectivity index (χ2v) is 4.29. The molecule has 0 saturated carbocycles. The fraction of sp³-hybridized carbons (Fsp3) is 1.00. The Morgan fingerprint density at radius 3 is 2.00 bits per heavy atom. The maximum Gasteiger partial charge on any atom is 0.286 e. The van der Waals surface area contributed by atoms with E-state index >= 15 is 0 Å². The van der Waals surface area contributed by atoms with Crippen LogP contribution in [0.25, 0.3) is 0 Å². The van der Waals surface area contributed by atoms with Crippen molar-refractivity contribution < 1.29 is 40.3 Å². The van der Waals surface area contributed by atoms with Gasteiger partial charge in [0.1, 0.15) is 0 Å². The predicted octanol–water partition coefficient (Wildman–Crippen LogP) is -1.71. The summed E-state index contributed by atoms with van der Waals surface area (Å²) >= 11 is 0. The quantitative estimate of drug-likeness (QED) is 0.350. The van der Waals surface area contributed by atoms with Crippen molar-refractivity contribution in [3.8, 4) is 0 Å². The molecule has 2 unspecified atom stereocenters. The zero-order valence-electron chi connectivity index (χ0n) is 6.99. The van der Waals surface area contributed by atoms with Crippen LogP contribution in [0.3, 0.4) is 0 Å². The Balaban J connectivity index is 0. The molecule has 0 amide bonds. The Labute approximate surface area is 87.4 Å². The van der Waals surface area contributed by atoms with Crippen molar-refractivity contribution in [2.24, 2.45) is 5.73 Å². The SMILES string of the molecule is CC(O)C(N)(CCO)S(=O)(=O)O.[Fe]. The van der Waals surface area contributed by atoms with E-state index in [1.54, 1.807) is 0 Å². The molecule has 6 nitrogen and oxygen atoms in total. The van der Waals surface area contributed by atoms with E-state index in [-0.39, 0.29) is 17.1 Å². The summed E-state index contributed by atoms with van der Waals surface area (Å²) < 4.78 is 29.9. The van der Waals surface area contributed by atoms with Gasteiger partial charge in [-0.15, -0.1) is 0 Å². The van der Waals surface area contributed by atoms with Gasteiger partial charge in [0, 0.05) is 30.1 Å². The van der Waals surface area contributed by atoms with Crippen LogP contribution in [0.4, 0.5) is 0 Å². The molecule has 0 fully saturated rings. The minimum Gasteiger partial charge on any atom is -0.396 e. The van der Waals surface area contributed by atoms with Gasteiger partial charge in [-0.1, -0.05) is 0 Å². The molecule has 0 bridgehead atoms. The van der Waals surface area contributed by atoms with E-state index in [4.69, 9.17) is 20.5 Å². The van der Waals surface area contributed by atoms with Crippen LogP contribution in [-0.4, -0.2) is 40.8 Å². The van der Waals surface area contributed by atoms with Crippen molar-refractivity contribution in [3.63, 3.8) is 0 Å². The van der Waals surface area contributed by atoms with E-state index in [0.29, 0.717) is 0 Å². The Morgan fingerprint density at radius 2 is 1.92 bits per heavy atom. The number of rotatable bonds is 4. The molecular weight excluding hydrogens is 242 g/mol. The maximum absolute atomic E-state index is 10.6. The average molecular weight is 255 g/mol. The van der Waals surface area contributed by atoms with Gasteiger partial charge in [0.2, 0.25) is 0 Å². The van der Waals surface area contributed by atoms with Gasteiger partial charge in [-0.05, 0) is 6.92 Å². The van der Waals surface area contributed by atoms with Crippen LogP contribution in [0.1, 0.15) is 13.3 Å². The van der Waals surface area contributed by atoms with E-state index in [1.165, 1.54) is 0 Å². The Morgan fingerprint density at radius 1 is 1.54 bits per heavy atom. The molecule has 0 aromatic heterocycles. The first-order valence-electron chi connectivity index (χ1n) is 3.30. The third kappa shape index (κ3) is 3.51. The van der Waals surface area contributed by atoms with E-state index in [2.05, 4.69) is 0 Å². The molecule has 0 aromatic carbocycles. The third-order valence-electron chi connectivity index (χ3n) is 1.69. The molecule has 0 aliphatic rings. The molecule has 82 valence electrons. The van der Waals surface area contributed by atoms with Gasteiger partial charge in [-0.2, -0.15) is 8.42 Å². The molecule has 0 rings (SSSR count). The molecule has 2 atom stereocenters. The molecule has 0 spiro atoms. The number of hydrogen-bond donors (Lipinski definition) is 4. The van der Waals surface area contributed by atoms with Crippen molar-refractivity contribution in [3.05, 3.63) is 0 Å². The van der Waals surface area contributed by atoms with Crippen LogP contribution >= 0.6 is 0 Å². The first kappa shape index (κ1) is 15.8. The number of aliphatic hydroxyl groups excluding tert-OH is 2.